The molecule has 0 saturated carbocycles. The van der Waals surface area contributed by atoms with Crippen LogP contribution >= 0.6 is 24.0 Å². The summed E-state index contributed by atoms with van der Waals surface area (Å²) in [7, 11) is 1.64. The minimum absolute atomic E-state index is 0.393. The molecule has 2 rings (SSSR count). The van der Waals surface area contributed by atoms with Crippen LogP contribution in [0, 0.1) is 0 Å². The van der Waals surface area contributed by atoms with Crippen LogP contribution in [0.3, 0.4) is 0 Å². The van der Waals surface area contributed by atoms with Gasteiger partial charge in [0, 0.05) is 30.6 Å². The Kier molecular flexibility index (Phi) is 5.69. The van der Waals surface area contributed by atoms with Crippen LogP contribution in [0.4, 0.5) is 0 Å². The van der Waals surface area contributed by atoms with Crippen LogP contribution in [-0.4, -0.2) is 41.1 Å². The molecule has 5 heteroatoms. The second kappa shape index (κ2) is 7.29. The van der Waals surface area contributed by atoms with Crippen LogP contribution in [0.2, 0.25) is 0 Å². The number of ether oxygens (including phenoxy) is 1. The lowest BCUT2D eigenvalue weighted by Gasteiger charge is -2.32. The Hall–Kier alpha value is -0.780. The molecule has 0 aliphatic carbocycles. The summed E-state index contributed by atoms with van der Waals surface area (Å²) in [5, 5.41) is 0.761. The van der Waals surface area contributed by atoms with E-state index in [1.165, 1.54) is 17.7 Å². The summed E-state index contributed by atoms with van der Waals surface area (Å²) in [4.78, 5) is 2.90. The standard InChI is InChI=1S/C15H22N2OS2/c1-3-12-10-17(6-7-20-12)9-11-4-5-14(18-2)13(8-11)15(16)19/h4-5,8,12H,3,6-7,9-10H2,1-2H3,(H2,16,19). The molecule has 1 aromatic carbocycles. The Bertz CT molecular complexity index is 479. The zero-order valence-electron chi connectivity index (χ0n) is 12.1. The maximum Gasteiger partial charge on any atom is 0.129 e. The van der Waals surface area contributed by atoms with Crippen LogP contribution in [0.1, 0.15) is 24.5 Å². The zero-order valence-corrected chi connectivity index (χ0v) is 13.7. The Morgan fingerprint density at radius 2 is 2.35 bits per heavy atom. The second-order valence-electron chi connectivity index (χ2n) is 5.04. The first-order valence-electron chi connectivity index (χ1n) is 6.94. The van der Waals surface area contributed by atoms with Crippen molar-refractivity contribution in [3.8, 4) is 5.75 Å². The highest BCUT2D eigenvalue weighted by molar-refractivity contribution is 8.00. The second-order valence-corrected chi connectivity index (χ2v) is 6.88. The van der Waals surface area contributed by atoms with Gasteiger partial charge in [-0.05, 0) is 24.1 Å². The number of rotatable bonds is 5. The van der Waals surface area contributed by atoms with Gasteiger partial charge in [-0.3, -0.25) is 4.90 Å². The molecule has 110 valence electrons. The van der Waals surface area contributed by atoms with E-state index in [0.29, 0.717) is 4.99 Å². The molecule has 1 aliphatic heterocycles. The summed E-state index contributed by atoms with van der Waals surface area (Å²) in [6.07, 6.45) is 1.24. The number of hydrogen-bond acceptors (Lipinski definition) is 4. The maximum atomic E-state index is 5.77. The molecule has 0 bridgehead atoms. The van der Waals surface area contributed by atoms with Crippen molar-refractivity contribution in [2.45, 2.75) is 25.1 Å². The lowest BCUT2D eigenvalue weighted by atomic mass is 10.1. The molecule has 1 atom stereocenters. The van der Waals surface area contributed by atoms with Crippen LogP contribution in [0.25, 0.3) is 0 Å². The van der Waals surface area contributed by atoms with Crippen molar-refractivity contribution in [2.75, 3.05) is 26.0 Å². The van der Waals surface area contributed by atoms with Gasteiger partial charge in [-0.2, -0.15) is 11.8 Å². The Balaban J connectivity index is 2.09. The van der Waals surface area contributed by atoms with E-state index in [9.17, 15) is 0 Å². The average molecular weight is 310 g/mol. The Morgan fingerprint density at radius 3 is 3.00 bits per heavy atom. The number of nitrogens with two attached hydrogens (primary N) is 1. The molecular formula is C15H22N2OS2. The molecule has 0 aromatic heterocycles. The van der Waals surface area contributed by atoms with Crippen molar-refractivity contribution in [2.24, 2.45) is 5.73 Å². The van der Waals surface area contributed by atoms with Crippen molar-refractivity contribution in [1.29, 1.82) is 0 Å². The van der Waals surface area contributed by atoms with E-state index < -0.39 is 0 Å². The molecule has 1 unspecified atom stereocenters. The first-order valence-corrected chi connectivity index (χ1v) is 8.40. The van der Waals surface area contributed by atoms with Crippen molar-refractivity contribution >= 4 is 29.0 Å². The Morgan fingerprint density at radius 1 is 1.55 bits per heavy atom. The number of thiocarbonyl (C=S) groups is 1. The SMILES string of the molecule is CCC1CN(Cc2ccc(OC)c(C(N)=S)c2)CCS1. The number of thioether (sulfide) groups is 1. The summed E-state index contributed by atoms with van der Waals surface area (Å²) in [5.74, 6) is 1.97. The number of hydrogen-bond donors (Lipinski definition) is 1. The number of methoxy groups -OCH3 is 1. The number of benzene rings is 1. The molecule has 20 heavy (non-hydrogen) atoms. The normalized spacial score (nSPS) is 19.8. The van der Waals surface area contributed by atoms with Crippen LogP contribution in [0.15, 0.2) is 18.2 Å². The van der Waals surface area contributed by atoms with Gasteiger partial charge in [0.1, 0.15) is 10.7 Å². The summed E-state index contributed by atoms with van der Waals surface area (Å²) < 4.78 is 5.30. The quantitative estimate of drug-likeness (QED) is 0.847. The molecule has 0 spiro atoms. The molecule has 1 fully saturated rings. The van der Waals surface area contributed by atoms with Gasteiger partial charge in [0.25, 0.3) is 0 Å². The van der Waals surface area contributed by atoms with E-state index in [0.717, 1.165) is 36.2 Å². The molecule has 2 N–H and O–H groups in total. The zero-order chi connectivity index (χ0) is 14.5. The van der Waals surface area contributed by atoms with Gasteiger partial charge in [0.15, 0.2) is 0 Å². The molecule has 0 amide bonds. The van der Waals surface area contributed by atoms with Gasteiger partial charge in [0.2, 0.25) is 0 Å². The highest BCUT2D eigenvalue weighted by Gasteiger charge is 2.19. The minimum atomic E-state index is 0.393. The lowest BCUT2D eigenvalue weighted by Crippen LogP contribution is -2.37. The fraction of sp³-hybridized carbons (Fsp3) is 0.533. The average Bonchev–Trinajstić information content (AvgIpc) is 2.47. The van der Waals surface area contributed by atoms with Crippen molar-refractivity contribution < 1.29 is 4.74 Å². The maximum absolute atomic E-state index is 5.77. The number of nitrogens with zero attached hydrogens (tertiary/aromatic N) is 1. The van der Waals surface area contributed by atoms with Crippen LogP contribution < -0.4 is 10.5 Å². The van der Waals surface area contributed by atoms with E-state index in [4.69, 9.17) is 22.7 Å². The van der Waals surface area contributed by atoms with E-state index in [2.05, 4.69) is 35.7 Å². The molecule has 0 radical (unpaired) electrons. The highest BCUT2D eigenvalue weighted by Crippen LogP contribution is 2.24. The fourth-order valence-corrected chi connectivity index (χ4v) is 3.88. The van der Waals surface area contributed by atoms with Crippen molar-refractivity contribution in [1.82, 2.24) is 4.90 Å². The lowest BCUT2D eigenvalue weighted by molar-refractivity contribution is 0.273. The summed E-state index contributed by atoms with van der Waals surface area (Å²) >= 11 is 7.19. The van der Waals surface area contributed by atoms with Gasteiger partial charge in [-0.25, -0.2) is 0 Å². The van der Waals surface area contributed by atoms with Crippen molar-refractivity contribution in [3.05, 3.63) is 29.3 Å². The largest absolute Gasteiger partial charge is 0.496 e. The van der Waals surface area contributed by atoms with Crippen molar-refractivity contribution in [3.63, 3.8) is 0 Å². The first-order chi connectivity index (χ1) is 9.63. The molecule has 1 aromatic rings. The highest BCUT2D eigenvalue weighted by atomic mass is 32.2. The van der Waals surface area contributed by atoms with E-state index >= 15 is 0 Å². The first kappa shape index (κ1) is 15.6. The van der Waals surface area contributed by atoms with E-state index in [1.54, 1.807) is 7.11 Å². The summed E-state index contributed by atoms with van der Waals surface area (Å²) in [6.45, 7) is 5.53. The molecule has 1 heterocycles. The third-order valence-corrected chi connectivity index (χ3v) is 5.21. The van der Waals surface area contributed by atoms with E-state index in [-0.39, 0.29) is 0 Å². The van der Waals surface area contributed by atoms with Gasteiger partial charge in [0.05, 0.1) is 12.7 Å². The van der Waals surface area contributed by atoms with Gasteiger partial charge in [-0.1, -0.05) is 25.2 Å². The van der Waals surface area contributed by atoms with Gasteiger partial charge >= 0.3 is 0 Å². The third kappa shape index (κ3) is 3.87. The van der Waals surface area contributed by atoms with Crippen LogP contribution in [0.5, 0.6) is 5.75 Å². The predicted molar refractivity (Wildman–Crippen MR) is 90.7 cm³/mol. The molecule has 1 aliphatic rings. The molecule has 1 saturated heterocycles. The summed E-state index contributed by atoms with van der Waals surface area (Å²) in [6, 6.07) is 6.12. The molecular weight excluding hydrogens is 288 g/mol. The monoisotopic (exact) mass is 310 g/mol. The van der Waals surface area contributed by atoms with Crippen LogP contribution in [-0.2, 0) is 6.54 Å². The topological polar surface area (TPSA) is 38.5 Å². The third-order valence-electron chi connectivity index (χ3n) is 3.61. The fourth-order valence-electron chi connectivity index (χ4n) is 2.48. The van der Waals surface area contributed by atoms with E-state index in [1.807, 2.05) is 6.07 Å². The smallest absolute Gasteiger partial charge is 0.129 e. The minimum Gasteiger partial charge on any atom is -0.496 e. The van der Waals surface area contributed by atoms with Gasteiger partial charge in [-0.15, -0.1) is 0 Å². The molecule has 3 nitrogen and oxygen atoms in total. The van der Waals surface area contributed by atoms with Gasteiger partial charge < -0.3 is 10.5 Å². The summed E-state index contributed by atoms with van der Waals surface area (Å²) in [5.41, 5.74) is 7.85. The predicted octanol–water partition coefficient (Wildman–Crippen LogP) is 2.66. The Labute approximate surface area is 130 Å².